The maximum Gasteiger partial charge on any atom is 0.228 e. The molecule has 0 fully saturated rings. The van der Waals surface area contributed by atoms with Crippen molar-refractivity contribution in [2.75, 3.05) is 5.32 Å². The summed E-state index contributed by atoms with van der Waals surface area (Å²) in [4.78, 5) is 22.5. The van der Waals surface area contributed by atoms with Crippen LogP contribution in [0.1, 0.15) is 29.2 Å². The Hall–Kier alpha value is -4.63. The lowest BCUT2D eigenvalue weighted by atomic mass is 10.2. The summed E-state index contributed by atoms with van der Waals surface area (Å²) < 4.78 is 43.9. The summed E-state index contributed by atoms with van der Waals surface area (Å²) in [6, 6.07) is 18.7. The van der Waals surface area contributed by atoms with E-state index >= 15 is 0 Å². The third-order valence-corrected chi connectivity index (χ3v) is 9.11. The van der Waals surface area contributed by atoms with Gasteiger partial charge in [0.2, 0.25) is 10.3 Å². The molecule has 10 nitrogen and oxygen atoms in total. The summed E-state index contributed by atoms with van der Waals surface area (Å²) in [5.41, 5.74) is 4.03. The molecule has 232 valence electrons. The minimum Gasteiger partial charge on any atom is -0.488 e. The molecule has 14 heteroatoms. The molecule has 1 unspecified atom stereocenters. The van der Waals surface area contributed by atoms with Crippen molar-refractivity contribution >= 4 is 65.0 Å². The van der Waals surface area contributed by atoms with Crippen molar-refractivity contribution in [2.45, 2.75) is 26.0 Å². The molecule has 0 aliphatic heterocycles. The second-order valence-corrected chi connectivity index (χ2v) is 12.8. The first-order valence-corrected chi connectivity index (χ1v) is 16.7. The van der Waals surface area contributed by atoms with Gasteiger partial charge in [0.1, 0.15) is 40.3 Å². The molecule has 2 aromatic carbocycles. The number of rotatable bonds is 10. The Kier molecular flexibility index (Phi) is 9.68. The van der Waals surface area contributed by atoms with Gasteiger partial charge in [0.15, 0.2) is 0 Å². The lowest BCUT2D eigenvalue weighted by molar-refractivity contribution is 0.303. The van der Waals surface area contributed by atoms with Crippen LogP contribution < -0.4 is 15.4 Å². The van der Waals surface area contributed by atoms with Crippen LogP contribution in [0.4, 0.5) is 15.9 Å². The van der Waals surface area contributed by atoms with Crippen LogP contribution in [-0.4, -0.2) is 38.3 Å². The van der Waals surface area contributed by atoms with E-state index in [0.29, 0.717) is 43.6 Å². The Balaban J connectivity index is 1.18. The molecule has 0 amide bonds. The highest BCUT2D eigenvalue weighted by Gasteiger charge is 2.17. The molecule has 1 atom stereocenters. The molecule has 0 saturated carbocycles. The molecule has 2 N–H and O–H groups in total. The molecule has 4 aromatic heterocycles. The molecule has 0 aliphatic rings. The molecule has 6 aromatic rings. The molecular weight excluding hydrogens is 693 g/mol. The standard InChI is InChI=1S/C32H25BrFN7O3S2/c1-19(39-30(46(42)43)13-22-7-2-3-10-35-22)32-41-28(17-45-32)26-14-24-27(15-36-26)37-18-38-31(24)40-23-8-9-29(25(33)12-23)44-16-20-5-4-6-21(34)11-20/h2-12,14-15,17-19,39H,13,16H2,1H3,(H,37,38,40). The number of anilines is 2. The molecule has 0 bridgehead atoms. The molecule has 4 heterocycles. The Morgan fingerprint density at radius 3 is 2.70 bits per heavy atom. The zero-order valence-electron chi connectivity index (χ0n) is 24.2. The van der Waals surface area contributed by atoms with Gasteiger partial charge in [-0.25, -0.2) is 19.3 Å². The quantitative estimate of drug-likeness (QED) is 0.148. The van der Waals surface area contributed by atoms with E-state index < -0.39 is 10.3 Å². The van der Waals surface area contributed by atoms with Crippen LogP contribution in [0, 0.1) is 5.82 Å². The number of pyridine rings is 2. The van der Waals surface area contributed by atoms with Crippen molar-refractivity contribution in [1.29, 1.82) is 0 Å². The first-order chi connectivity index (χ1) is 22.3. The van der Waals surface area contributed by atoms with Crippen LogP contribution in [0.25, 0.3) is 22.3 Å². The average Bonchev–Trinajstić information content (AvgIpc) is 3.55. The van der Waals surface area contributed by atoms with Crippen molar-refractivity contribution in [1.82, 2.24) is 30.2 Å². The Morgan fingerprint density at radius 1 is 1.02 bits per heavy atom. The Bertz CT molecular complexity index is 2160. The molecular formula is C32H25BrFN7O3S2. The van der Waals surface area contributed by atoms with E-state index in [1.165, 1.54) is 29.8 Å². The molecule has 0 spiro atoms. The van der Waals surface area contributed by atoms with Crippen LogP contribution in [0.15, 0.2) is 95.3 Å². The Morgan fingerprint density at radius 2 is 1.91 bits per heavy atom. The van der Waals surface area contributed by atoms with E-state index in [0.717, 1.165) is 16.6 Å². The predicted molar refractivity (Wildman–Crippen MR) is 180 cm³/mol. The number of benzene rings is 2. The highest BCUT2D eigenvalue weighted by molar-refractivity contribution is 9.10. The van der Waals surface area contributed by atoms with Gasteiger partial charge in [-0.1, -0.05) is 18.2 Å². The van der Waals surface area contributed by atoms with Crippen LogP contribution in [0.2, 0.25) is 0 Å². The predicted octanol–water partition coefficient (Wildman–Crippen LogP) is 6.67. The van der Waals surface area contributed by atoms with Gasteiger partial charge in [-0.3, -0.25) is 15.3 Å². The average molecular weight is 719 g/mol. The van der Waals surface area contributed by atoms with E-state index in [-0.39, 0.29) is 29.9 Å². The summed E-state index contributed by atoms with van der Waals surface area (Å²) in [5, 5.41) is 9.74. The van der Waals surface area contributed by atoms with Crippen molar-refractivity contribution in [3.8, 4) is 17.1 Å². The topological polar surface area (TPSA) is 132 Å². The number of thiazole rings is 1. The van der Waals surface area contributed by atoms with Gasteiger partial charge >= 0.3 is 0 Å². The number of nitrogens with one attached hydrogen (secondary N) is 2. The van der Waals surface area contributed by atoms with Gasteiger partial charge < -0.3 is 10.1 Å². The van der Waals surface area contributed by atoms with Crippen LogP contribution >= 0.6 is 27.3 Å². The second-order valence-electron chi connectivity index (χ2n) is 10.1. The number of ether oxygens (including phenoxy) is 1. The van der Waals surface area contributed by atoms with Crippen molar-refractivity contribution < 1.29 is 17.5 Å². The summed E-state index contributed by atoms with van der Waals surface area (Å²) in [6.07, 6.45) is 4.91. The van der Waals surface area contributed by atoms with E-state index in [1.54, 1.807) is 36.7 Å². The van der Waals surface area contributed by atoms with Crippen molar-refractivity contribution in [2.24, 2.45) is 0 Å². The zero-order chi connectivity index (χ0) is 32.0. The smallest absolute Gasteiger partial charge is 0.228 e. The van der Waals surface area contributed by atoms with Gasteiger partial charge in [-0.15, -0.1) is 11.3 Å². The molecule has 0 radical (unpaired) electrons. The minimum atomic E-state index is -2.44. The zero-order valence-corrected chi connectivity index (χ0v) is 27.4. The fraction of sp³-hybridized carbons (Fsp3) is 0.125. The number of nitrogens with zero attached hydrogens (tertiary/aromatic N) is 5. The third kappa shape index (κ3) is 7.59. The highest BCUT2D eigenvalue weighted by atomic mass is 79.9. The summed E-state index contributed by atoms with van der Waals surface area (Å²) in [5.74, 6) is 0.877. The Labute approximate surface area is 277 Å². The first kappa shape index (κ1) is 31.4. The number of fused-ring (bicyclic) bond motifs is 1. The number of hydrogen-bond acceptors (Lipinski definition) is 10. The number of aromatic nitrogens is 5. The SMILES string of the molecule is CC(NC(Cc1ccccn1)=S(=O)=O)c1nc(-c2cc3c(Nc4ccc(OCc5cccc(F)c5)c(Br)c4)ncnc3cn2)cs1. The second kappa shape index (κ2) is 14.2. The van der Waals surface area contributed by atoms with Gasteiger partial charge in [0.25, 0.3) is 0 Å². The van der Waals surface area contributed by atoms with Crippen LogP contribution in [0.3, 0.4) is 0 Å². The van der Waals surface area contributed by atoms with Crippen molar-refractivity contribution in [3.05, 3.63) is 117 Å². The fourth-order valence-corrected chi connectivity index (χ4v) is 6.40. The maximum atomic E-state index is 13.5. The third-order valence-electron chi connectivity index (χ3n) is 6.80. The van der Waals surface area contributed by atoms with E-state index in [2.05, 4.69) is 46.5 Å². The minimum absolute atomic E-state index is 0.137. The van der Waals surface area contributed by atoms with Gasteiger partial charge in [0, 0.05) is 34.8 Å². The fourth-order valence-electron chi connectivity index (χ4n) is 4.55. The number of hydrogen-bond donors (Lipinski definition) is 2. The summed E-state index contributed by atoms with van der Waals surface area (Å²) >= 11 is 4.97. The lowest BCUT2D eigenvalue weighted by Crippen LogP contribution is -2.29. The number of halogens is 2. The lowest BCUT2D eigenvalue weighted by Gasteiger charge is -2.12. The van der Waals surface area contributed by atoms with E-state index in [1.807, 2.05) is 42.6 Å². The van der Waals surface area contributed by atoms with Gasteiger partial charge in [-0.2, -0.15) is 8.42 Å². The molecule has 46 heavy (non-hydrogen) atoms. The van der Waals surface area contributed by atoms with Crippen LogP contribution in [-0.2, 0) is 23.3 Å². The first-order valence-electron chi connectivity index (χ1n) is 13.9. The summed E-state index contributed by atoms with van der Waals surface area (Å²) in [7, 11) is -2.44. The van der Waals surface area contributed by atoms with E-state index in [9.17, 15) is 12.8 Å². The highest BCUT2D eigenvalue weighted by Crippen LogP contribution is 2.32. The molecule has 0 saturated heterocycles. The van der Waals surface area contributed by atoms with Crippen molar-refractivity contribution in [3.63, 3.8) is 0 Å². The monoisotopic (exact) mass is 717 g/mol. The van der Waals surface area contributed by atoms with E-state index in [4.69, 9.17) is 9.72 Å². The maximum absolute atomic E-state index is 13.5. The van der Waals surface area contributed by atoms with Crippen LogP contribution in [0.5, 0.6) is 5.75 Å². The summed E-state index contributed by atoms with van der Waals surface area (Å²) in [6.45, 7) is 2.08. The largest absolute Gasteiger partial charge is 0.488 e. The molecule has 6 rings (SSSR count). The van der Waals surface area contributed by atoms with Gasteiger partial charge in [0.05, 0.1) is 33.6 Å². The molecule has 0 aliphatic carbocycles. The van der Waals surface area contributed by atoms with Gasteiger partial charge in [-0.05, 0) is 76.9 Å². The normalized spacial score (nSPS) is 11.7.